The van der Waals surface area contributed by atoms with E-state index in [1.165, 1.54) is 11.4 Å². The molecule has 0 aliphatic carbocycles. The molecule has 0 aliphatic rings. The molecule has 0 radical (unpaired) electrons. The molecule has 22 heavy (non-hydrogen) atoms. The molecule has 0 aromatic carbocycles. The van der Waals surface area contributed by atoms with Crippen LogP contribution in [0.2, 0.25) is 11.4 Å². The molecular formula is C8H11AsNa4O9. The Balaban J connectivity index is -0.0000000627. The van der Waals surface area contributed by atoms with E-state index in [1.54, 1.807) is 0 Å². The van der Waals surface area contributed by atoms with Gasteiger partial charge in [-0.3, -0.25) is 0 Å². The summed E-state index contributed by atoms with van der Waals surface area (Å²) < 4.78 is 19.4. The van der Waals surface area contributed by atoms with Crippen molar-refractivity contribution in [3.63, 3.8) is 0 Å². The number of carboxylic acids is 3. The molecule has 0 spiro atoms. The number of rotatable bonds is 5. The first kappa shape index (κ1) is 39.7. The van der Waals surface area contributed by atoms with E-state index in [0.717, 1.165) is 0 Å². The van der Waals surface area contributed by atoms with Crippen LogP contribution in [0, 0.1) is 0 Å². The second kappa shape index (κ2) is 18.5. The van der Waals surface area contributed by atoms with Gasteiger partial charge in [-0.2, -0.15) is 0 Å². The van der Waals surface area contributed by atoms with Gasteiger partial charge in [0.1, 0.15) is 5.60 Å². The SMILES string of the molecule is C[As](C)(=O)[O-].O=C([O-])CC(O)(CC(=O)[O-])C(=O)[O-].[Na+].[Na+].[Na+].[Na+]. The second-order valence-electron chi connectivity index (χ2n) is 3.67. The number of aliphatic carboxylic acids is 3. The number of carbonyl (C=O) groups is 3. The van der Waals surface area contributed by atoms with Gasteiger partial charge in [-0.15, -0.1) is 0 Å². The summed E-state index contributed by atoms with van der Waals surface area (Å²) in [5, 5.41) is 38.9. The summed E-state index contributed by atoms with van der Waals surface area (Å²) in [7, 11) is 0. The van der Waals surface area contributed by atoms with Gasteiger partial charge in [0.2, 0.25) is 0 Å². The fourth-order valence-electron chi connectivity index (χ4n) is 0.684. The van der Waals surface area contributed by atoms with Crippen molar-refractivity contribution in [2.75, 3.05) is 0 Å². The summed E-state index contributed by atoms with van der Waals surface area (Å²) in [4.78, 5) is 30.0. The Hall–Kier alpha value is 2.69. The van der Waals surface area contributed by atoms with Crippen molar-refractivity contribution in [1.29, 1.82) is 0 Å². The third kappa shape index (κ3) is 30.6. The van der Waals surface area contributed by atoms with Crippen LogP contribution in [0.5, 0.6) is 0 Å². The average Bonchev–Trinajstić information content (AvgIpc) is 1.95. The van der Waals surface area contributed by atoms with Crippen molar-refractivity contribution < 1.29 is 161 Å². The number of carboxylic acid groups (broad SMARTS) is 3. The minimum atomic E-state index is -3.38. The van der Waals surface area contributed by atoms with Gasteiger partial charge < -0.3 is 34.8 Å². The van der Waals surface area contributed by atoms with E-state index in [-0.39, 0.29) is 118 Å². The third-order valence-corrected chi connectivity index (χ3v) is 1.25. The Kier molecular flexibility index (Phi) is 33.3. The molecule has 0 rings (SSSR count). The smallest absolute Gasteiger partial charge is 0.550 e. The molecule has 0 bridgehead atoms. The Morgan fingerprint density at radius 3 is 1.18 bits per heavy atom. The molecule has 9 nitrogen and oxygen atoms in total. The molecule has 14 heteroatoms. The van der Waals surface area contributed by atoms with E-state index in [0.29, 0.717) is 0 Å². The molecule has 1 N–H and O–H groups in total. The molecule has 0 saturated carbocycles. The van der Waals surface area contributed by atoms with Crippen LogP contribution in [0.3, 0.4) is 0 Å². The molecule has 0 unspecified atom stereocenters. The van der Waals surface area contributed by atoms with E-state index in [9.17, 15) is 37.5 Å². The summed E-state index contributed by atoms with van der Waals surface area (Å²) in [6, 6.07) is 0. The van der Waals surface area contributed by atoms with E-state index in [1.807, 2.05) is 0 Å². The zero-order valence-electron chi connectivity index (χ0n) is 13.6. The zero-order chi connectivity index (χ0) is 15.1. The number of aliphatic hydroxyl groups is 1. The van der Waals surface area contributed by atoms with Gasteiger partial charge in [0.15, 0.2) is 0 Å². The standard InChI is InChI=1S/C6H8O7.C2H7AsO2.4Na/c7-3(8)1-6(13,5(11)12)2-4(9)10;1-3(2,4)5;;;;/h13H,1-2H2,(H,7,8)(H,9,10)(H,11,12);1-2H3,(H,4,5);;;;/q;;4*+1/p-4. The Labute approximate surface area is 218 Å². The fourth-order valence-corrected chi connectivity index (χ4v) is 0.684. The quantitative estimate of drug-likeness (QED) is 0.424. The molecule has 0 saturated heterocycles. The van der Waals surface area contributed by atoms with Gasteiger partial charge in [-0.05, 0) is 0 Å². The van der Waals surface area contributed by atoms with E-state index in [4.69, 9.17) is 5.11 Å². The molecule has 0 atom stereocenters. The van der Waals surface area contributed by atoms with Crippen LogP contribution in [0.25, 0.3) is 0 Å². The topological polar surface area (TPSA) is 181 Å². The predicted molar refractivity (Wildman–Crippen MR) is 47.4 cm³/mol. The zero-order valence-corrected chi connectivity index (χ0v) is 23.5. The fraction of sp³-hybridized carbons (Fsp3) is 0.625. The monoisotopic (exact) mass is 418 g/mol. The summed E-state index contributed by atoms with van der Waals surface area (Å²) in [5.41, 5.74) is -0.478. The summed E-state index contributed by atoms with van der Waals surface area (Å²) in [6.45, 7) is 0. The average molecular weight is 418 g/mol. The normalized spacial score (nSPS) is 9.09. The molecule has 0 amide bonds. The van der Waals surface area contributed by atoms with Gasteiger partial charge >= 0.3 is 151 Å². The summed E-state index contributed by atoms with van der Waals surface area (Å²) in [6.07, 6.45) is -2.72. The van der Waals surface area contributed by atoms with E-state index >= 15 is 0 Å². The summed E-state index contributed by atoms with van der Waals surface area (Å²) in [5.74, 6) is -5.98. The first-order chi connectivity index (χ1) is 7.78. The molecule has 0 aromatic heterocycles. The van der Waals surface area contributed by atoms with Crippen LogP contribution >= 0.6 is 0 Å². The first-order valence-corrected chi connectivity index (χ1v) is 9.66. The van der Waals surface area contributed by atoms with Crippen molar-refractivity contribution in [1.82, 2.24) is 0 Å². The predicted octanol–water partition coefficient (Wildman–Crippen LogP) is -17.8. The Morgan fingerprint density at radius 1 is 0.909 bits per heavy atom. The van der Waals surface area contributed by atoms with Crippen molar-refractivity contribution in [2.45, 2.75) is 29.9 Å². The molecule has 0 fully saturated rings. The molecule has 106 valence electrons. The summed E-state index contributed by atoms with van der Waals surface area (Å²) >= 11 is -3.38. The number of hydrogen-bond donors (Lipinski definition) is 1. The number of carbonyl (C=O) groups excluding carboxylic acids is 3. The van der Waals surface area contributed by atoms with Gasteiger partial charge in [0, 0.05) is 24.8 Å². The van der Waals surface area contributed by atoms with Crippen LogP contribution in [-0.4, -0.2) is 42.4 Å². The third-order valence-electron chi connectivity index (χ3n) is 1.25. The minimum absolute atomic E-state index is 0. The van der Waals surface area contributed by atoms with Crippen LogP contribution in [0.4, 0.5) is 0 Å². The molecule has 0 heterocycles. The van der Waals surface area contributed by atoms with Gasteiger partial charge in [-0.1, -0.05) is 0 Å². The first-order valence-electron chi connectivity index (χ1n) is 4.37. The Bertz CT molecular complexity index is 360. The maximum atomic E-state index is 10.1. The van der Waals surface area contributed by atoms with Crippen LogP contribution in [-0.2, 0) is 18.1 Å². The number of hydrogen-bond acceptors (Lipinski definition) is 9. The maximum absolute atomic E-state index is 10.1. The van der Waals surface area contributed by atoms with E-state index in [2.05, 4.69) is 0 Å². The van der Waals surface area contributed by atoms with Gasteiger partial charge in [0.05, 0.1) is 5.97 Å². The molecule has 0 aromatic rings. The molecule has 0 aliphatic heterocycles. The Morgan fingerprint density at radius 2 is 1.09 bits per heavy atom. The molecular weight excluding hydrogens is 407 g/mol. The van der Waals surface area contributed by atoms with Gasteiger partial charge in [-0.25, -0.2) is 0 Å². The van der Waals surface area contributed by atoms with E-state index < -0.39 is 50.2 Å². The largest absolute Gasteiger partial charge is 1.00 e. The van der Waals surface area contributed by atoms with Crippen molar-refractivity contribution in [2.24, 2.45) is 0 Å². The minimum Gasteiger partial charge on any atom is -0.550 e. The second-order valence-corrected chi connectivity index (χ2v) is 8.92. The van der Waals surface area contributed by atoms with Crippen molar-refractivity contribution in [3.05, 3.63) is 0 Å². The maximum Gasteiger partial charge on any atom is 1.00 e. The van der Waals surface area contributed by atoms with Crippen molar-refractivity contribution >= 4 is 31.7 Å². The van der Waals surface area contributed by atoms with Gasteiger partial charge in [0.25, 0.3) is 0 Å². The van der Waals surface area contributed by atoms with Crippen LogP contribution in [0.1, 0.15) is 12.8 Å². The van der Waals surface area contributed by atoms with Crippen LogP contribution in [0.15, 0.2) is 0 Å². The van der Waals surface area contributed by atoms with Crippen LogP contribution < -0.4 is 138 Å². The van der Waals surface area contributed by atoms with Crippen molar-refractivity contribution in [3.8, 4) is 0 Å².